The van der Waals surface area contributed by atoms with Crippen molar-refractivity contribution >= 4 is 10.0 Å². The van der Waals surface area contributed by atoms with Gasteiger partial charge in [-0.2, -0.15) is 5.26 Å². The molecule has 0 aromatic carbocycles. The van der Waals surface area contributed by atoms with Crippen molar-refractivity contribution < 1.29 is 13.5 Å². The van der Waals surface area contributed by atoms with Crippen molar-refractivity contribution in [3.8, 4) is 6.07 Å². The number of nitriles is 1. The van der Waals surface area contributed by atoms with E-state index in [1.807, 2.05) is 0 Å². The summed E-state index contributed by atoms with van der Waals surface area (Å²) in [7, 11) is -3.50. The minimum Gasteiger partial charge on any atom is -0.392 e. The van der Waals surface area contributed by atoms with Crippen molar-refractivity contribution in [1.82, 2.24) is 4.72 Å². The highest BCUT2D eigenvalue weighted by Crippen LogP contribution is 1.83. The smallest absolute Gasteiger partial charge is 0.225 e. The molecule has 0 saturated carbocycles. The highest BCUT2D eigenvalue weighted by Gasteiger charge is 2.08. The second-order valence-corrected chi connectivity index (χ2v) is 3.92. The molecule has 6 heteroatoms. The van der Waals surface area contributed by atoms with Gasteiger partial charge in [0.1, 0.15) is 0 Å². The normalized spacial score (nSPS) is 13.9. The number of hydrogen-bond donors (Lipinski definition) is 2. The molecule has 0 aliphatic rings. The number of aliphatic hydroxyl groups is 1. The molecular weight excluding hydrogens is 168 g/mol. The van der Waals surface area contributed by atoms with E-state index < -0.39 is 21.9 Å². The molecule has 0 heterocycles. The van der Waals surface area contributed by atoms with Gasteiger partial charge in [-0.15, -0.1) is 0 Å². The SMILES string of the molecule is C[C@@H](O)CNS(=O)(=O)CC#N. The second-order valence-electron chi connectivity index (χ2n) is 2.11. The highest BCUT2D eigenvalue weighted by molar-refractivity contribution is 7.89. The van der Waals surface area contributed by atoms with E-state index in [0.29, 0.717) is 0 Å². The van der Waals surface area contributed by atoms with Crippen molar-refractivity contribution in [1.29, 1.82) is 5.26 Å². The largest absolute Gasteiger partial charge is 0.392 e. The summed E-state index contributed by atoms with van der Waals surface area (Å²) < 4.78 is 23.4. The van der Waals surface area contributed by atoms with Gasteiger partial charge in [-0.1, -0.05) is 0 Å². The van der Waals surface area contributed by atoms with Crippen LogP contribution in [0.3, 0.4) is 0 Å². The van der Waals surface area contributed by atoms with E-state index in [-0.39, 0.29) is 6.54 Å². The van der Waals surface area contributed by atoms with E-state index in [0.717, 1.165) is 0 Å². The molecule has 0 unspecified atom stereocenters. The first kappa shape index (κ1) is 10.4. The van der Waals surface area contributed by atoms with E-state index in [2.05, 4.69) is 4.72 Å². The Morgan fingerprint density at radius 3 is 2.64 bits per heavy atom. The molecule has 0 aromatic rings. The molecule has 11 heavy (non-hydrogen) atoms. The van der Waals surface area contributed by atoms with Crippen molar-refractivity contribution in [2.75, 3.05) is 12.3 Å². The third kappa shape index (κ3) is 5.79. The Labute approximate surface area is 65.7 Å². The number of hydrogen-bond acceptors (Lipinski definition) is 4. The third-order valence-corrected chi connectivity index (χ3v) is 1.97. The molecule has 0 aromatic heterocycles. The summed E-state index contributed by atoms with van der Waals surface area (Å²) in [6, 6.07) is 1.50. The average Bonchev–Trinajstić information content (AvgIpc) is 1.84. The average molecular weight is 178 g/mol. The summed E-state index contributed by atoms with van der Waals surface area (Å²) >= 11 is 0. The van der Waals surface area contributed by atoms with Gasteiger partial charge in [0.2, 0.25) is 10.0 Å². The van der Waals surface area contributed by atoms with Crippen LogP contribution in [0.25, 0.3) is 0 Å². The fourth-order valence-electron chi connectivity index (χ4n) is 0.384. The van der Waals surface area contributed by atoms with Crippen molar-refractivity contribution in [3.63, 3.8) is 0 Å². The summed E-state index contributed by atoms with van der Waals surface area (Å²) in [5.74, 6) is -0.570. The van der Waals surface area contributed by atoms with Crippen LogP contribution >= 0.6 is 0 Å². The summed E-state index contributed by atoms with van der Waals surface area (Å²) in [4.78, 5) is 0. The van der Waals surface area contributed by atoms with E-state index in [1.165, 1.54) is 13.0 Å². The molecule has 0 rings (SSSR count). The minimum atomic E-state index is -3.50. The van der Waals surface area contributed by atoms with Crippen LogP contribution in [0.5, 0.6) is 0 Å². The summed E-state index contributed by atoms with van der Waals surface area (Å²) in [5, 5.41) is 16.7. The molecule has 0 bridgehead atoms. The standard InChI is InChI=1S/C5H10N2O3S/c1-5(8)4-7-11(9,10)3-2-6/h5,7-8H,3-4H2,1H3/t5-/m1/s1. The number of sulfonamides is 1. The van der Waals surface area contributed by atoms with Gasteiger partial charge in [0, 0.05) is 6.54 Å². The number of rotatable bonds is 4. The number of nitrogens with one attached hydrogen (secondary N) is 1. The second kappa shape index (κ2) is 4.28. The molecule has 0 aliphatic carbocycles. The quantitative estimate of drug-likeness (QED) is 0.566. The maximum absolute atomic E-state index is 10.7. The van der Waals surface area contributed by atoms with Crippen LogP contribution in [0, 0.1) is 11.3 Å². The fraction of sp³-hybridized carbons (Fsp3) is 0.800. The topological polar surface area (TPSA) is 90.2 Å². The van der Waals surface area contributed by atoms with Crippen LogP contribution in [-0.4, -0.2) is 31.9 Å². The van der Waals surface area contributed by atoms with E-state index in [1.54, 1.807) is 0 Å². The predicted molar refractivity (Wildman–Crippen MR) is 39.1 cm³/mol. The Hall–Kier alpha value is -0.640. The highest BCUT2D eigenvalue weighted by atomic mass is 32.2. The molecule has 0 saturated heterocycles. The van der Waals surface area contributed by atoms with Crippen molar-refractivity contribution in [2.45, 2.75) is 13.0 Å². The molecule has 0 fully saturated rings. The van der Waals surface area contributed by atoms with Gasteiger partial charge in [0.15, 0.2) is 5.75 Å². The van der Waals surface area contributed by atoms with Crippen LogP contribution in [0.4, 0.5) is 0 Å². The Morgan fingerprint density at radius 1 is 1.73 bits per heavy atom. The monoisotopic (exact) mass is 178 g/mol. The van der Waals surface area contributed by atoms with E-state index in [9.17, 15) is 8.42 Å². The molecule has 64 valence electrons. The van der Waals surface area contributed by atoms with Gasteiger partial charge >= 0.3 is 0 Å². The van der Waals surface area contributed by atoms with Crippen LogP contribution in [0.1, 0.15) is 6.92 Å². The molecular formula is C5H10N2O3S. The van der Waals surface area contributed by atoms with Crippen LogP contribution in [-0.2, 0) is 10.0 Å². The van der Waals surface area contributed by atoms with Crippen LogP contribution in [0.15, 0.2) is 0 Å². The number of aliphatic hydroxyl groups excluding tert-OH is 1. The van der Waals surface area contributed by atoms with Crippen molar-refractivity contribution in [2.24, 2.45) is 0 Å². The minimum absolute atomic E-state index is 0.0516. The first-order chi connectivity index (χ1) is 4.98. The first-order valence-corrected chi connectivity index (χ1v) is 4.65. The molecule has 2 N–H and O–H groups in total. The predicted octanol–water partition coefficient (Wildman–Crippen LogP) is -1.19. The van der Waals surface area contributed by atoms with Gasteiger partial charge in [-0.05, 0) is 6.92 Å². The summed E-state index contributed by atoms with van der Waals surface area (Å²) in [5.41, 5.74) is 0. The van der Waals surface area contributed by atoms with E-state index in [4.69, 9.17) is 10.4 Å². The van der Waals surface area contributed by atoms with Crippen molar-refractivity contribution in [3.05, 3.63) is 0 Å². The maximum atomic E-state index is 10.7. The van der Waals surface area contributed by atoms with Crippen LogP contribution < -0.4 is 4.72 Å². The van der Waals surface area contributed by atoms with Crippen LogP contribution in [0.2, 0.25) is 0 Å². The Balaban J connectivity index is 3.87. The zero-order valence-corrected chi connectivity index (χ0v) is 6.93. The molecule has 1 atom stereocenters. The van der Waals surface area contributed by atoms with Gasteiger partial charge < -0.3 is 5.11 Å². The lowest BCUT2D eigenvalue weighted by Gasteiger charge is -2.04. The first-order valence-electron chi connectivity index (χ1n) is 3.00. The molecule has 0 spiro atoms. The zero-order valence-electron chi connectivity index (χ0n) is 6.11. The molecule has 0 amide bonds. The lowest BCUT2D eigenvalue weighted by molar-refractivity contribution is 0.198. The summed E-state index contributed by atoms with van der Waals surface area (Å²) in [6.07, 6.45) is -0.733. The molecule has 0 aliphatic heterocycles. The van der Waals surface area contributed by atoms with Gasteiger partial charge in [0.05, 0.1) is 12.2 Å². The van der Waals surface area contributed by atoms with Gasteiger partial charge in [-0.25, -0.2) is 13.1 Å². The van der Waals surface area contributed by atoms with E-state index >= 15 is 0 Å². The lowest BCUT2D eigenvalue weighted by Crippen LogP contribution is -2.32. The number of nitrogens with zero attached hydrogens (tertiary/aromatic N) is 1. The molecule has 5 nitrogen and oxygen atoms in total. The fourth-order valence-corrected chi connectivity index (χ4v) is 1.15. The Kier molecular flexibility index (Phi) is 4.03. The molecule has 0 radical (unpaired) electrons. The Bertz CT molecular complexity index is 239. The Morgan fingerprint density at radius 2 is 2.27 bits per heavy atom. The van der Waals surface area contributed by atoms with Gasteiger partial charge in [0.25, 0.3) is 0 Å². The zero-order chi connectivity index (χ0) is 8.91. The summed E-state index contributed by atoms with van der Waals surface area (Å²) in [6.45, 7) is 1.40. The third-order valence-electron chi connectivity index (χ3n) is 0.853. The van der Waals surface area contributed by atoms with Gasteiger partial charge in [-0.3, -0.25) is 0 Å². The lowest BCUT2D eigenvalue weighted by atomic mass is 10.4. The maximum Gasteiger partial charge on any atom is 0.225 e.